The highest BCUT2D eigenvalue weighted by molar-refractivity contribution is 14.1. The second kappa shape index (κ2) is 7.34. The van der Waals surface area contributed by atoms with Crippen molar-refractivity contribution in [3.8, 4) is 5.75 Å². The molecule has 1 aromatic carbocycles. The van der Waals surface area contributed by atoms with Crippen LogP contribution in [-0.4, -0.2) is 24.1 Å². The summed E-state index contributed by atoms with van der Waals surface area (Å²) < 4.78 is 34.7. The molecule has 1 amide bonds. The summed E-state index contributed by atoms with van der Waals surface area (Å²) in [6.45, 7) is 1.41. The van der Waals surface area contributed by atoms with E-state index >= 15 is 0 Å². The van der Waals surface area contributed by atoms with E-state index in [0.717, 1.165) is 4.57 Å². The summed E-state index contributed by atoms with van der Waals surface area (Å²) in [4.78, 5) is 26.2. The van der Waals surface area contributed by atoms with Crippen molar-refractivity contribution in [3.63, 3.8) is 0 Å². The van der Waals surface area contributed by atoms with Gasteiger partial charge in [-0.3, -0.25) is 14.2 Å². The number of ether oxygens (including phenoxy) is 1. The van der Waals surface area contributed by atoms with Crippen molar-refractivity contribution in [2.24, 2.45) is 0 Å². The summed E-state index contributed by atoms with van der Waals surface area (Å²) in [6, 6.07) is 5.99. The Labute approximate surface area is 162 Å². The highest BCUT2D eigenvalue weighted by Crippen LogP contribution is 2.36. The van der Waals surface area contributed by atoms with Gasteiger partial charge in [0.25, 0.3) is 5.56 Å². The molecule has 26 heavy (non-hydrogen) atoms. The molecule has 0 saturated carbocycles. The van der Waals surface area contributed by atoms with E-state index < -0.39 is 23.6 Å². The molecule has 0 radical (unpaired) electrons. The molecule has 1 aromatic heterocycles. The average molecular weight is 474 g/mol. The maximum absolute atomic E-state index is 14.5. The zero-order chi connectivity index (χ0) is 19.0. The minimum atomic E-state index is -1.50. The molecule has 1 saturated heterocycles. The van der Waals surface area contributed by atoms with Crippen LogP contribution in [0.5, 0.6) is 5.75 Å². The normalized spacial score (nSPS) is 18.3. The van der Waals surface area contributed by atoms with Crippen molar-refractivity contribution in [3.05, 3.63) is 55.8 Å². The number of hydrogen-bond acceptors (Lipinski definition) is 3. The predicted molar refractivity (Wildman–Crippen MR) is 102 cm³/mol. The van der Waals surface area contributed by atoms with E-state index in [-0.39, 0.29) is 24.6 Å². The number of nitrogens with zero attached hydrogens (tertiary/aromatic N) is 2. The number of halogens is 3. The number of pyridine rings is 1. The van der Waals surface area contributed by atoms with Gasteiger partial charge in [-0.2, -0.15) is 0 Å². The van der Waals surface area contributed by atoms with Crippen LogP contribution in [0.1, 0.15) is 31.1 Å². The first-order valence-corrected chi connectivity index (χ1v) is 9.10. The standard InChI is InChI=1S/C18H17F2IN2O3/c1-10(19)22-5-3-4-15(18(22)25)23-9-11(6-16(23)24)17-13(20)7-12(26-2)8-14(17)21/h3-5,7-8,10-11H,6,9H2,1-2H3/t10?,11-/m0/s1. The molecule has 8 heteroatoms. The van der Waals surface area contributed by atoms with Gasteiger partial charge in [0.15, 0.2) is 6.30 Å². The summed E-state index contributed by atoms with van der Waals surface area (Å²) in [5.74, 6) is -0.727. The van der Waals surface area contributed by atoms with Gasteiger partial charge in [-0.05, 0) is 47.7 Å². The predicted octanol–water partition coefficient (Wildman–Crippen LogP) is 3.61. The summed E-state index contributed by atoms with van der Waals surface area (Å²) in [5.41, 5.74) is -0.0489. The molecule has 0 N–H and O–H groups in total. The molecule has 5 nitrogen and oxygen atoms in total. The first-order valence-electron chi connectivity index (χ1n) is 8.02. The van der Waals surface area contributed by atoms with Crippen LogP contribution in [-0.2, 0) is 4.79 Å². The molecular weight excluding hydrogens is 457 g/mol. The van der Waals surface area contributed by atoms with Crippen molar-refractivity contribution >= 4 is 34.2 Å². The lowest BCUT2D eigenvalue weighted by Crippen LogP contribution is -2.33. The third kappa shape index (κ3) is 3.34. The SMILES string of the molecule is COc1cc(F)c([C@H]2CC(=O)N(c3cccn(C(C)F)c3=O)C2)c(I)c1. The fraction of sp³-hybridized carbons (Fsp3) is 0.333. The zero-order valence-corrected chi connectivity index (χ0v) is 16.4. The Bertz CT molecular complexity index is 891. The minimum Gasteiger partial charge on any atom is -0.497 e. The number of methoxy groups -OCH3 is 1. The Kier molecular flexibility index (Phi) is 5.31. The maximum Gasteiger partial charge on any atom is 0.276 e. The number of alkyl halides is 1. The third-order valence-corrected chi connectivity index (χ3v) is 5.34. The Hall–Kier alpha value is -1.97. The number of hydrogen-bond donors (Lipinski definition) is 0. The van der Waals surface area contributed by atoms with E-state index in [1.54, 1.807) is 6.07 Å². The first-order chi connectivity index (χ1) is 12.3. The highest BCUT2D eigenvalue weighted by atomic mass is 127. The van der Waals surface area contributed by atoms with Gasteiger partial charge in [-0.25, -0.2) is 8.78 Å². The van der Waals surface area contributed by atoms with E-state index in [4.69, 9.17) is 4.74 Å². The minimum absolute atomic E-state index is 0.0821. The first kappa shape index (κ1) is 18.8. The molecule has 2 aromatic rings. The van der Waals surface area contributed by atoms with Crippen LogP contribution in [0.2, 0.25) is 0 Å². The highest BCUT2D eigenvalue weighted by Gasteiger charge is 2.35. The van der Waals surface area contributed by atoms with Gasteiger partial charge in [0, 0.05) is 40.3 Å². The fourth-order valence-corrected chi connectivity index (χ4v) is 4.19. The molecule has 1 aliphatic rings. The average Bonchev–Trinajstić information content (AvgIpc) is 2.95. The maximum atomic E-state index is 14.5. The number of rotatable bonds is 4. The second-order valence-corrected chi connectivity index (χ2v) is 7.25. The van der Waals surface area contributed by atoms with Gasteiger partial charge < -0.3 is 9.64 Å². The molecule has 2 atom stereocenters. The molecule has 1 unspecified atom stereocenters. The molecule has 1 aliphatic heterocycles. The number of aromatic nitrogens is 1. The van der Waals surface area contributed by atoms with Crippen molar-refractivity contribution in [2.45, 2.75) is 25.6 Å². The van der Waals surface area contributed by atoms with Crippen molar-refractivity contribution in [1.82, 2.24) is 4.57 Å². The smallest absolute Gasteiger partial charge is 0.276 e. The quantitative estimate of drug-likeness (QED) is 0.637. The van der Waals surface area contributed by atoms with E-state index in [9.17, 15) is 18.4 Å². The van der Waals surface area contributed by atoms with Crippen LogP contribution in [0.3, 0.4) is 0 Å². The molecule has 138 valence electrons. The van der Waals surface area contributed by atoms with Crippen molar-refractivity contribution in [2.75, 3.05) is 18.6 Å². The Morgan fingerprint density at radius 2 is 2.08 bits per heavy atom. The van der Waals surface area contributed by atoms with Crippen LogP contribution < -0.4 is 15.2 Å². The number of anilines is 1. The summed E-state index contributed by atoms with van der Waals surface area (Å²) in [5, 5.41) is 0. The van der Waals surface area contributed by atoms with E-state index in [2.05, 4.69) is 0 Å². The van der Waals surface area contributed by atoms with Gasteiger partial charge in [0.1, 0.15) is 17.3 Å². The zero-order valence-electron chi connectivity index (χ0n) is 14.2. The molecule has 0 bridgehead atoms. The number of carbonyl (C=O) groups excluding carboxylic acids is 1. The van der Waals surface area contributed by atoms with Crippen LogP contribution in [0.15, 0.2) is 35.3 Å². The van der Waals surface area contributed by atoms with Gasteiger partial charge in [-0.1, -0.05) is 0 Å². The van der Waals surface area contributed by atoms with Crippen molar-refractivity contribution in [1.29, 1.82) is 0 Å². The lowest BCUT2D eigenvalue weighted by molar-refractivity contribution is -0.117. The van der Waals surface area contributed by atoms with Crippen molar-refractivity contribution < 1.29 is 18.3 Å². The van der Waals surface area contributed by atoms with Crippen LogP contribution in [0.25, 0.3) is 0 Å². The number of carbonyl (C=O) groups is 1. The molecule has 0 spiro atoms. The second-order valence-electron chi connectivity index (χ2n) is 6.09. The Morgan fingerprint density at radius 1 is 1.35 bits per heavy atom. The van der Waals surface area contributed by atoms with E-state index in [0.29, 0.717) is 14.9 Å². The third-order valence-electron chi connectivity index (χ3n) is 4.45. The van der Waals surface area contributed by atoms with Gasteiger partial charge >= 0.3 is 0 Å². The largest absolute Gasteiger partial charge is 0.497 e. The lowest BCUT2D eigenvalue weighted by Gasteiger charge is -2.19. The fourth-order valence-electron chi connectivity index (χ4n) is 3.19. The summed E-state index contributed by atoms with van der Waals surface area (Å²) in [6.07, 6.45) is -0.0877. The number of amides is 1. The molecule has 1 fully saturated rings. The summed E-state index contributed by atoms with van der Waals surface area (Å²) in [7, 11) is 1.46. The topological polar surface area (TPSA) is 51.5 Å². The van der Waals surface area contributed by atoms with Gasteiger partial charge in [0.2, 0.25) is 5.91 Å². The van der Waals surface area contributed by atoms with Crippen LogP contribution >= 0.6 is 22.6 Å². The van der Waals surface area contributed by atoms with Crippen LogP contribution in [0, 0.1) is 9.39 Å². The molecular formula is C18H17F2IN2O3. The van der Waals surface area contributed by atoms with Gasteiger partial charge in [0.05, 0.1) is 7.11 Å². The molecule has 2 heterocycles. The molecule has 0 aliphatic carbocycles. The lowest BCUT2D eigenvalue weighted by atomic mass is 9.97. The summed E-state index contributed by atoms with van der Waals surface area (Å²) >= 11 is 2.01. The van der Waals surface area contributed by atoms with E-state index in [1.165, 1.54) is 43.3 Å². The monoisotopic (exact) mass is 474 g/mol. The van der Waals surface area contributed by atoms with Gasteiger partial charge in [-0.15, -0.1) is 0 Å². The Balaban J connectivity index is 1.96. The van der Waals surface area contributed by atoms with Crippen LogP contribution in [0.4, 0.5) is 14.5 Å². The van der Waals surface area contributed by atoms with E-state index in [1.807, 2.05) is 22.6 Å². The number of benzene rings is 1. The molecule has 3 rings (SSSR count). The Morgan fingerprint density at radius 3 is 2.69 bits per heavy atom.